The predicted molar refractivity (Wildman–Crippen MR) is 72.2 cm³/mol. The molecule has 2 aromatic heterocycles. The van der Waals surface area contributed by atoms with Crippen LogP contribution in [0.4, 0.5) is 0 Å². The van der Waals surface area contributed by atoms with Crippen LogP contribution in [-0.4, -0.2) is 40.4 Å². The topological polar surface area (TPSA) is 87.2 Å². The molecule has 2 heterocycles. The Balaban J connectivity index is 1.78. The Bertz CT molecular complexity index is 677. The van der Waals surface area contributed by atoms with E-state index in [0.717, 1.165) is 23.2 Å². The maximum Gasteiger partial charge on any atom is 0.209 e. The van der Waals surface area contributed by atoms with Crippen LogP contribution < -0.4 is 0 Å². The average molecular weight is 288 g/mol. The summed E-state index contributed by atoms with van der Waals surface area (Å²) in [4.78, 5) is 0. The molecule has 0 radical (unpaired) electrons. The summed E-state index contributed by atoms with van der Waals surface area (Å²) < 4.78 is 3.45. The molecular formula is C11H12N8S. The van der Waals surface area contributed by atoms with Gasteiger partial charge in [-0.15, -0.1) is 10.2 Å². The van der Waals surface area contributed by atoms with Gasteiger partial charge in [0.1, 0.15) is 0 Å². The number of hydrogen-bond donors (Lipinski definition) is 0. The minimum atomic E-state index is 0.599. The van der Waals surface area contributed by atoms with Crippen molar-refractivity contribution in [2.75, 3.05) is 0 Å². The van der Waals surface area contributed by atoms with Gasteiger partial charge in [-0.3, -0.25) is 0 Å². The van der Waals surface area contributed by atoms with E-state index in [0.29, 0.717) is 5.75 Å². The van der Waals surface area contributed by atoms with Crippen LogP contribution in [0.25, 0.3) is 5.69 Å². The molecule has 3 aromatic rings. The van der Waals surface area contributed by atoms with Gasteiger partial charge in [-0.1, -0.05) is 30.0 Å². The zero-order valence-electron chi connectivity index (χ0n) is 10.8. The van der Waals surface area contributed by atoms with Crippen LogP contribution >= 0.6 is 11.8 Å². The van der Waals surface area contributed by atoms with Gasteiger partial charge in [0.25, 0.3) is 0 Å². The lowest BCUT2D eigenvalue weighted by molar-refractivity contribution is 0.581. The highest BCUT2D eigenvalue weighted by Crippen LogP contribution is 2.19. The molecule has 0 bridgehead atoms. The molecule has 0 aliphatic rings. The van der Waals surface area contributed by atoms with Crippen LogP contribution in [0.2, 0.25) is 0 Å². The second kappa shape index (κ2) is 5.78. The molecule has 3 rings (SSSR count). The van der Waals surface area contributed by atoms with Crippen molar-refractivity contribution in [1.82, 2.24) is 40.4 Å². The van der Waals surface area contributed by atoms with Gasteiger partial charge in [0.15, 0.2) is 5.82 Å². The number of para-hydroxylation sites is 1. The molecule has 20 heavy (non-hydrogen) atoms. The molecule has 102 valence electrons. The number of benzene rings is 1. The first-order valence-corrected chi connectivity index (χ1v) is 7.08. The Kier molecular flexibility index (Phi) is 3.68. The van der Waals surface area contributed by atoms with E-state index >= 15 is 0 Å². The fraction of sp³-hybridized carbons (Fsp3) is 0.273. The van der Waals surface area contributed by atoms with Crippen LogP contribution in [0.15, 0.2) is 35.5 Å². The van der Waals surface area contributed by atoms with Gasteiger partial charge in [-0.2, -0.15) is 4.68 Å². The van der Waals surface area contributed by atoms with E-state index in [1.165, 1.54) is 11.8 Å². The van der Waals surface area contributed by atoms with Crippen molar-refractivity contribution in [1.29, 1.82) is 0 Å². The Labute approximate surface area is 119 Å². The first-order valence-electron chi connectivity index (χ1n) is 6.10. The standard InChI is InChI=1S/C11H12N8S/c1-2-18-11(13-15-16-18)20-8-10-12-14-17-19(10)9-6-4-3-5-7-9/h3-7H,2,8H2,1H3. The van der Waals surface area contributed by atoms with Crippen LogP contribution in [0, 0.1) is 0 Å². The molecule has 0 atom stereocenters. The van der Waals surface area contributed by atoms with Crippen LogP contribution in [0.3, 0.4) is 0 Å². The van der Waals surface area contributed by atoms with E-state index in [1.807, 2.05) is 37.3 Å². The van der Waals surface area contributed by atoms with Crippen molar-refractivity contribution in [3.8, 4) is 5.69 Å². The number of tetrazole rings is 2. The molecule has 0 aliphatic carbocycles. The summed E-state index contributed by atoms with van der Waals surface area (Å²) in [6.45, 7) is 2.73. The monoisotopic (exact) mass is 288 g/mol. The summed E-state index contributed by atoms with van der Waals surface area (Å²) in [6.07, 6.45) is 0. The highest BCUT2D eigenvalue weighted by atomic mass is 32.2. The SMILES string of the molecule is CCn1nnnc1SCc1nnnn1-c1ccccc1. The maximum absolute atomic E-state index is 4.05. The van der Waals surface area contributed by atoms with E-state index in [2.05, 4.69) is 31.1 Å². The summed E-state index contributed by atoms with van der Waals surface area (Å²) in [5.74, 6) is 1.36. The molecular weight excluding hydrogens is 276 g/mol. The second-order valence-electron chi connectivity index (χ2n) is 3.91. The van der Waals surface area contributed by atoms with Crippen molar-refractivity contribution in [3.63, 3.8) is 0 Å². The summed E-state index contributed by atoms with van der Waals surface area (Å²) in [5.41, 5.74) is 0.934. The van der Waals surface area contributed by atoms with Crippen LogP contribution in [-0.2, 0) is 12.3 Å². The minimum Gasteiger partial charge on any atom is -0.221 e. The van der Waals surface area contributed by atoms with Crippen molar-refractivity contribution < 1.29 is 0 Å². The van der Waals surface area contributed by atoms with Crippen molar-refractivity contribution in [3.05, 3.63) is 36.2 Å². The van der Waals surface area contributed by atoms with Gasteiger partial charge in [0.05, 0.1) is 11.4 Å². The Morgan fingerprint density at radius 1 is 1.05 bits per heavy atom. The molecule has 0 saturated heterocycles. The minimum absolute atomic E-state index is 0.599. The zero-order chi connectivity index (χ0) is 13.8. The second-order valence-corrected chi connectivity index (χ2v) is 4.85. The Hall–Kier alpha value is -2.29. The number of aromatic nitrogens is 8. The molecule has 0 unspecified atom stereocenters. The molecule has 9 heteroatoms. The zero-order valence-corrected chi connectivity index (χ0v) is 11.6. The largest absolute Gasteiger partial charge is 0.221 e. The quantitative estimate of drug-likeness (QED) is 0.646. The van der Waals surface area contributed by atoms with Gasteiger partial charge >= 0.3 is 0 Å². The molecule has 0 N–H and O–H groups in total. The molecule has 0 aliphatic heterocycles. The summed E-state index contributed by atoms with van der Waals surface area (Å²) in [7, 11) is 0. The first kappa shape index (κ1) is 12.7. The van der Waals surface area contributed by atoms with Gasteiger partial charge in [0, 0.05) is 6.54 Å². The first-order chi connectivity index (χ1) is 9.88. The number of hydrogen-bond acceptors (Lipinski definition) is 7. The van der Waals surface area contributed by atoms with Crippen LogP contribution in [0.1, 0.15) is 12.7 Å². The third kappa shape index (κ3) is 2.52. The van der Waals surface area contributed by atoms with Crippen molar-refractivity contribution in [2.24, 2.45) is 0 Å². The lowest BCUT2D eigenvalue weighted by Gasteiger charge is -2.03. The fourth-order valence-electron chi connectivity index (χ4n) is 1.69. The molecule has 8 nitrogen and oxygen atoms in total. The molecule has 1 aromatic carbocycles. The van der Waals surface area contributed by atoms with Gasteiger partial charge in [-0.05, 0) is 39.9 Å². The third-order valence-electron chi connectivity index (χ3n) is 2.66. The lowest BCUT2D eigenvalue weighted by Crippen LogP contribution is -2.03. The summed E-state index contributed by atoms with van der Waals surface area (Å²) >= 11 is 1.51. The van der Waals surface area contributed by atoms with E-state index < -0.39 is 0 Å². The number of aryl methyl sites for hydroxylation is 1. The van der Waals surface area contributed by atoms with E-state index in [1.54, 1.807) is 9.36 Å². The fourth-order valence-corrected chi connectivity index (χ4v) is 2.54. The smallest absolute Gasteiger partial charge is 0.209 e. The van der Waals surface area contributed by atoms with Crippen molar-refractivity contribution >= 4 is 11.8 Å². The third-order valence-corrected chi connectivity index (χ3v) is 3.62. The lowest BCUT2D eigenvalue weighted by atomic mass is 10.3. The normalized spacial score (nSPS) is 10.8. The molecule has 0 amide bonds. The van der Waals surface area contributed by atoms with E-state index in [4.69, 9.17) is 0 Å². The van der Waals surface area contributed by atoms with Crippen LogP contribution in [0.5, 0.6) is 0 Å². The summed E-state index contributed by atoms with van der Waals surface area (Å²) in [6, 6.07) is 9.77. The highest BCUT2D eigenvalue weighted by molar-refractivity contribution is 7.98. The predicted octanol–water partition coefficient (Wildman–Crippen LogP) is 0.961. The Morgan fingerprint density at radius 3 is 2.65 bits per heavy atom. The van der Waals surface area contributed by atoms with Crippen molar-refractivity contribution in [2.45, 2.75) is 24.4 Å². The maximum atomic E-state index is 4.05. The summed E-state index contributed by atoms with van der Waals surface area (Å²) in [5, 5.41) is 24.1. The number of thioether (sulfide) groups is 1. The molecule has 0 fully saturated rings. The van der Waals surface area contributed by atoms with E-state index in [-0.39, 0.29) is 0 Å². The number of nitrogens with zero attached hydrogens (tertiary/aromatic N) is 8. The van der Waals surface area contributed by atoms with Gasteiger partial charge in [0.2, 0.25) is 5.16 Å². The van der Waals surface area contributed by atoms with E-state index in [9.17, 15) is 0 Å². The van der Waals surface area contributed by atoms with Gasteiger partial charge < -0.3 is 0 Å². The number of rotatable bonds is 5. The molecule has 0 spiro atoms. The Morgan fingerprint density at radius 2 is 1.85 bits per heavy atom. The highest BCUT2D eigenvalue weighted by Gasteiger charge is 2.11. The molecule has 0 saturated carbocycles. The average Bonchev–Trinajstić information content (AvgIpc) is 3.14. The van der Waals surface area contributed by atoms with Gasteiger partial charge in [-0.25, -0.2) is 4.68 Å².